The molecule has 2 saturated heterocycles. The molecule has 1 amide bonds. The van der Waals surface area contributed by atoms with Crippen molar-refractivity contribution in [2.75, 3.05) is 5.75 Å². The van der Waals surface area contributed by atoms with Gasteiger partial charge < -0.3 is 15.7 Å². The van der Waals surface area contributed by atoms with Crippen LogP contribution in [0, 0.1) is 0 Å². The van der Waals surface area contributed by atoms with Crippen LogP contribution < -0.4 is 5.73 Å². The number of amides is 1. The number of hydrogen-bond donors (Lipinski definition) is 2. The first-order valence-electron chi connectivity index (χ1n) is 4.91. The van der Waals surface area contributed by atoms with Crippen molar-refractivity contribution >= 4 is 23.6 Å². The first kappa shape index (κ1) is 10.8. The molecule has 0 aromatic carbocycles. The lowest BCUT2D eigenvalue weighted by Gasteiger charge is -2.42. The van der Waals surface area contributed by atoms with Gasteiger partial charge in [0.05, 0.1) is 10.9 Å². The van der Waals surface area contributed by atoms with Crippen molar-refractivity contribution in [3.63, 3.8) is 0 Å². The van der Waals surface area contributed by atoms with E-state index in [1.54, 1.807) is 0 Å². The van der Waals surface area contributed by atoms with Crippen molar-refractivity contribution in [1.82, 2.24) is 4.90 Å². The predicted octanol–water partition coefficient (Wildman–Crippen LogP) is -0.148. The number of rotatable bonds is 1. The number of hydrogen-bond acceptors (Lipinski definition) is 4. The largest absolute Gasteiger partial charge is 0.480 e. The van der Waals surface area contributed by atoms with Gasteiger partial charge in [0.2, 0.25) is 5.91 Å². The van der Waals surface area contributed by atoms with Crippen molar-refractivity contribution < 1.29 is 14.7 Å². The van der Waals surface area contributed by atoms with Gasteiger partial charge in [0.1, 0.15) is 6.04 Å². The van der Waals surface area contributed by atoms with Crippen molar-refractivity contribution in [2.24, 2.45) is 5.73 Å². The van der Waals surface area contributed by atoms with Crippen LogP contribution in [0.3, 0.4) is 0 Å². The number of nitrogens with two attached hydrogens (primary N) is 1. The van der Waals surface area contributed by atoms with E-state index in [9.17, 15) is 9.59 Å². The summed E-state index contributed by atoms with van der Waals surface area (Å²) >= 11 is 1.54. The molecule has 0 aromatic rings. The minimum atomic E-state index is -0.936. The monoisotopic (exact) mass is 230 g/mol. The summed E-state index contributed by atoms with van der Waals surface area (Å²) < 4.78 is 0. The number of fused-ring (bicyclic) bond motifs is 1. The van der Waals surface area contributed by atoms with Crippen LogP contribution in [-0.2, 0) is 9.59 Å². The maximum atomic E-state index is 11.9. The van der Waals surface area contributed by atoms with Crippen molar-refractivity contribution in [1.29, 1.82) is 0 Å². The van der Waals surface area contributed by atoms with Crippen molar-refractivity contribution in [3.05, 3.63) is 0 Å². The molecule has 15 heavy (non-hydrogen) atoms. The minimum Gasteiger partial charge on any atom is -0.480 e. The fourth-order valence-corrected chi connectivity index (χ4v) is 3.65. The van der Waals surface area contributed by atoms with E-state index in [2.05, 4.69) is 0 Å². The number of aliphatic carboxylic acids is 1. The Bertz CT molecular complexity index is 322. The van der Waals surface area contributed by atoms with Gasteiger partial charge in [-0.15, -0.1) is 11.8 Å². The molecule has 3 N–H and O–H groups in total. The molecular weight excluding hydrogens is 216 g/mol. The number of carboxylic acids is 1. The molecule has 6 heteroatoms. The Hall–Kier alpha value is -0.750. The standard InChI is InChI=1S/C9H14N2O3S/c1-9-3-2-5(10)7(12)11(9)6(4-15-9)8(13)14/h5-6H,2-4,10H2,1H3,(H,13,14)/t5-,6?,9?/m0/s1. The molecule has 0 radical (unpaired) electrons. The quantitative estimate of drug-likeness (QED) is 0.654. The third-order valence-corrected chi connectivity index (χ3v) is 4.64. The zero-order chi connectivity index (χ0) is 11.2. The van der Waals surface area contributed by atoms with E-state index in [-0.39, 0.29) is 10.8 Å². The van der Waals surface area contributed by atoms with E-state index in [4.69, 9.17) is 10.8 Å². The van der Waals surface area contributed by atoms with Crippen LogP contribution in [0.15, 0.2) is 0 Å². The zero-order valence-electron chi connectivity index (χ0n) is 8.47. The molecule has 2 aliphatic rings. The van der Waals surface area contributed by atoms with Gasteiger partial charge in [-0.2, -0.15) is 0 Å². The number of carboxylic acid groups (broad SMARTS) is 1. The van der Waals surface area contributed by atoms with E-state index in [0.29, 0.717) is 12.2 Å². The number of carbonyl (C=O) groups excluding carboxylic acids is 1. The molecule has 2 fully saturated rings. The lowest BCUT2D eigenvalue weighted by molar-refractivity contribution is -0.153. The average Bonchev–Trinajstić information content (AvgIpc) is 2.51. The number of nitrogens with zero attached hydrogens (tertiary/aromatic N) is 1. The summed E-state index contributed by atoms with van der Waals surface area (Å²) in [6, 6.07) is -1.24. The summed E-state index contributed by atoms with van der Waals surface area (Å²) in [4.78, 5) is 24.0. The third-order valence-electron chi connectivity index (χ3n) is 3.13. The van der Waals surface area contributed by atoms with Gasteiger partial charge in [-0.3, -0.25) is 4.79 Å². The summed E-state index contributed by atoms with van der Waals surface area (Å²) in [7, 11) is 0. The highest BCUT2D eigenvalue weighted by Crippen LogP contribution is 2.45. The number of carbonyl (C=O) groups is 2. The number of piperidine rings is 1. The number of thioether (sulfide) groups is 1. The van der Waals surface area contributed by atoms with Gasteiger partial charge in [-0.1, -0.05) is 0 Å². The van der Waals surface area contributed by atoms with Crippen molar-refractivity contribution in [2.45, 2.75) is 36.7 Å². The Morgan fingerprint density at radius 3 is 3.00 bits per heavy atom. The van der Waals surface area contributed by atoms with Crippen LogP contribution in [0.2, 0.25) is 0 Å². The predicted molar refractivity (Wildman–Crippen MR) is 56.3 cm³/mol. The fraction of sp³-hybridized carbons (Fsp3) is 0.778. The smallest absolute Gasteiger partial charge is 0.327 e. The third kappa shape index (κ3) is 1.52. The Morgan fingerprint density at radius 1 is 1.73 bits per heavy atom. The first-order valence-corrected chi connectivity index (χ1v) is 5.90. The molecule has 0 aromatic heterocycles. The summed E-state index contributed by atoms with van der Waals surface area (Å²) in [6.45, 7) is 1.92. The molecule has 5 nitrogen and oxygen atoms in total. The Balaban J connectivity index is 2.31. The summed E-state index contributed by atoms with van der Waals surface area (Å²) in [5, 5.41) is 9.02. The van der Waals surface area contributed by atoms with Crippen LogP contribution in [-0.4, -0.2) is 44.6 Å². The summed E-state index contributed by atoms with van der Waals surface area (Å²) in [5.74, 6) is -0.695. The molecule has 2 rings (SSSR count). The topological polar surface area (TPSA) is 83.6 Å². The maximum Gasteiger partial charge on any atom is 0.327 e. The van der Waals surface area contributed by atoms with Crippen LogP contribution in [0.1, 0.15) is 19.8 Å². The maximum absolute atomic E-state index is 11.9. The normalized spacial score (nSPS) is 40.4. The molecule has 3 atom stereocenters. The molecule has 0 aliphatic carbocycles. The van der Waals surface area contributed by atoms with Crippen LogP contribution >= 0.6 is 11.8 Å². The fourth-order valence-electron chi connectivity index (χ4n) is 2.22. The summed E-state index contributed by atoms with van der Waals surface area (Å²) in [5.41, 5.74) is 5.66. The summed E-state index contributed by atoms with van der Waals surface area (Å²) in [6.07, 6.45) is 1.42. The second kappa shape index (κ2) is 3.38. The van der Waals surface area contributed by atoms with Crippen molar-refractivity contribution in [3.8, 4) is 0 Å². The molecule has 0 bridgehead atoms. The van der Waals surface area contributed by atoms with Crippen LogP contribution in [0.25, 0.3) is 0 Å². The Labute approximate surface area is 92.0 Å². The van der Waals surface area contributed by atoms with Gasteiger partial charge in [-0.25, -0.2) is 4.79 Å². The average molecular weight is 230 g/mol. The lowest BCUT2D eigenvalue weighted by atomic mass is 9.97. The van der Waals surface area contributed by atoms with Crippen LogP contribution in [0.5, 0.6) is 0 Å². The van der Waals surface area contributed by atoms with E-state index < -0.39 is 18.1 Å². The molecule has 2 aliphatic heterocycles. The van der Waals surface area contributed by atoms with E-state index >= 15 is 0 Å². The van der Waals surface area contributed by atoms with Crippen LogP contribution in [0.4, 0.5) is 0 Å². The highest BCUT2D eigenvalue weighted by atomic mass is 32.2. The Morgan fingerprint density at radius 2 is 2.40 bits per heavy atom. The van der Waals surface area contributed by atoms with Gasteiger partial charge in [-0.05, 0) is 19.8 Å². The minimum absolute atomic E-state index is 0.221. The highest BCUT2D eigenvalue weighted by molar-refractivity contribution is 8.00. The highest BCUT2D eigenvalue weighted by Gasteiger charge is 2.52. The van der Waals surface area contributed by atoms with E-state index in [1.165, 1.54) is 16.7 Å². The van der Waals surface area contributed by atoms with Gasteiger partial charge in [0.15, 0.2) is 0 Å². The van der Waals surface area contributed by atoms with Gasteiger partial charge >= 0.3 is 5.97 Å². The van der Waals surface area contributed by atoms with E-state index in [1.807, 2.05) is 6.92 Å². The Kier molecular flexibility index (Phi) is 2.42. The van der Waals surface area contributed by atoms with Gasteiger partial charge in [0, 0.05) is 5.75 Å². The molecule has 84 valence electrons. The molecule has 0 spiro atoms. The first-order chi connectivity index (χ1) is 6.96. The zero-order valence-corrected chi connectivity index (χ0v) is 9.29. The lowest BCUT2D eigenvalue weighted by Crippen LogP contribution is -2.59. The molecule has 2 unspecified atom stereocenters. The second-order valence-corrected chi connectivity index (χ2v) is 5.69. The van der Waals surface area contributed by atoms with E-state index in [0.717, 1.165) is 6.42 Å². The molecule has 2 heterocycles. The molecular formula is C9H14N2O3S. The SMILES string of the molecule is CC12CC[C@H](N)C(=O)N1C(C(=O)O)CS2. The second-order valence-electron chi connectivity index (χ2n) is 4.19. The van der Waals surface area contributed by atoms with Gasteiger partial charge in [0.25, 0.3) is 0 Å². The molecule has 0 saturated carbocycles.